The average Bonchev–Trinajstić information content (AvgIpc) is 2.21. The van der Waals surface area contributed by atoms with Crippen molar-refractivity contribution < 1.29 is 28.6 Å². The summed E-state index contributed by atoms with van der Waals surface area (Å²) in [6.07, 6.45) is -1.44. The van der Waals surface area contributed by atoms with E-state index >= 15 is 0 Å². The van der Waals surface area contributed by atoms with Crippen molar-refractivity contribution in [2.45, 2.75) is 25.1 Å². The molecule has 0 aromatic rings. The number of aliphatic carboxylic acids is 2. The lowest BCUT2D eigenvalue weighted by atomic mass is 9.65. The Morgan fingerprint density at radius 3 is 2.29 bits per heavy atom. The number of halogens is 3. The Labute approximate surface area is 101 Å². The molecule has 0 aromatic heterocycles. The van der Waals surface area contributed by atoms with Crippen LogP contribution in [-0.2, 0) is 9.59 Å². The van der Waals surface area contributed by atoms with Crippen LogP contribution in [0.25, 0.3) is 0 Å². The van der Waals surface area contributed by atoms with E-state index in [1.54, 1.807) is 0 Å². The van der Waals surface area contributed by atoms with Gasteiger partial charge in [-0.25, -0.2) is 8.78 Å². The van der Waals surface area contributed by atoms with Gasteiger partial charge in [-0.15, -0.1) is 11.6 Å². The van der Waals surface area contributed by atoms with Gasteiger partial charge in [0.15, 0.2) is 0 Å². The minimum Gasteiger partial charge on any atom is -0.481 e. The standard InChI is InChI=1S/C10H11ClF2O4/c1-9(7(14)15)3-2-4-10(5(9)11,6(12)13)8(16)17/h2-3,5-6H,4H2,1H3,(H,14,15)(H,16,17). The van der Waals surface area contributed by atoms with Gasteiger partial charge in [0.05, 0.1) is 5.38 Å². The van der Waals surface area contributed by atoms with Gasteiger partial charge in [-0.2, -0.15) is 0 Å². The number of alkyl halides is 3. The molecule has 0 amide bonds. The van der Waals surface area contributed by atoms with Gasteiger partial charge < -0.3 is 10.2 Å². The molecule has 0 saturated heterocycles. The third-order valence-electron chi connectivity index (χ3n) is 3.15. The molecule has 96 valence electrons. The van der Waals surface area contributed by atoms with Crippen molar-refractivity contribution in [1.82, 2.24) is 0 Å². The van der Waals surface area contributed by atoms with Gasteiger partial charge in [0.1, 0.15) is 10.8 Å². The number of allylic oxidation sites excluding steroid dienone is 1. The minimum absolute atomic E-state index is 0.489. The molecule has 4 nitrogen and oxygen atoms in total. The van der Waals surface area contributed by atoms with Crippen molar-refractivity contribution in [2.24, 2.45) is 10.8 Å². The zero-order valence-electron chi connectivity index (χ0n) is 8.86. The van der Waals surface area contributed by atoms with E-state index in [-0.39, 0.29) is 0 Å². The molecule has 3 unspecified atom stereocenters. The molecule has 0 heterocycles. The van der Waals surface area contributed by atoms with Crippen LogP contribution in [0.4, 0.5) is 8.78 Å². The van der Waals surface area contributed by atoms with Crippen molar-refractivity contribution in [3.05, 3.63) is 12.2 Å². The van der Waals surface area contributed by atoms with Crippen LogP contribution >= 0.6 is 11.6 Å². The molecule has 0 fully saturated rings. The number of carboxylic acid groups (broad SMARTS) is 2. The monoisotopic (exact) mass is 268 g/mol. The van der Waals surface area contributed by atoms with Crippen molar-refractivity contribution in [1.29, 1.82) is 0 Å². The van der Waals surface area contributed by atoms with Gasteiger partial charge in [0.2, 0.25) is 0 Å². The van der Waals surface area contributed by atoms with E-state index in [0.717, 1.165) is 19.1 Å². The molecule has 2 N–H and O–H groups in total. The fourth-order valence-corrected chi connectivity index (χ4v) is 2.33. The largest absolute Gasteiger partial charge is 0.481 e. The van der Waals surface area contributed by atoms with Crippen molar-refractivity contribution in [2.75, 3.05) is 0 Å². The van der Waals surface area contributed by atoms with Gasteiger partial charge in [-0.3, -0.25) is 9.59 Å². The summed E-state index contributed by atoms with van der Waals surface area (Å²) in [7, 11) is 0. The highest BCUT2D eigenvalue weighted by Gasteiger charge is 2.61. The smallest absolute Gasteiger partial charge is 0.317 e. The van der Waals surface area contributed by atoms with Crippen molar-refractivity contribution in [3.8, 4) is 0 Å². The maximum absolute atomic E-state index is 13.0. The molecular formula is C10H11ClF2O4. The van der Waals surface area contributed by atoms with Gasteiger partial charge in [-0.1, -0.05) is 12.2 Å². The molecule has 0 aromatic carbocycles. The van der Waals surface area contributed by atoms with Gasteiger partial charge in [0.25, 0.3) is 6.43 Å². The minimum atomic E-state index is -3.24. The molecule has 0 aliphatic heterocycles. The lowest BCUT2D eigenvalue weighted by Gasteiger charge is -2.42. The molecular weight excluding hydrogens is 258 g/mol. The predicted molar refractivity (Wildman–Crippen MR) is 55.2 cm³/mol. The molecule has 0 spiro atoms. The second kappa shape index (κ2) is 4.25. The van der Waals surface area contributed by atoms with Crippen LogP contribution in [0.3, 0.4) is 0 Å². The molecule has 1 aliphatic carbocycles. The van der Waals surface area contributed by atoms with E-state index < -0.39 is 41.0 Å². The molecule has 1 rings (SSSR count). The Morgan fingerprint density at radius 1 is 1.41 bits per heavy atom. The highest BCUT2D eigenvalue weighted by molar-refractivity contribution is 6.25. The van der Waals surface area contributed by atoms with E-state index in [1.165, 1.54) is 0 Å². The van der Waals surface area contributed by atoms with E-state index in [0.29, 0.717) is 0 Å². The number of rotatable bonds is 3. The number of hydrogen-bond acceptors (Lipinski definition) is 2. The van der Waals surface area contributed by atoms with E-state index in [2.05, 4.69) is 0 Å². The Balaban J connectivity index is 3.35. The molecule has 0 radical (unpaired) electrons. The first-order valence-electron chi connectivity index (χ1n) is 4.76. The molecule has 0 saturated carbocycles. The first-order valence-corrected chi connectivity index (χ1v) is 5.20. The summed E-state index contributed by atoms with van der Waals surface area (Å²) in [6, 6.07) is 0. The average molecular weight is 269 g/mol. The fraction of sp³-hybridized carbons (Fsp3) is 0.600. The van der Waals surface area contributed by atoms with Crippen LogP contribution in [0.2, 0.25) is 0 Å². The summed E-state index contributed by atoms with van der Waals surface area (Å²) in [4.78, 5) is 22.1. The first kappa shape index (κ1) is 13.9. The summed E-state index contributed by atoms with van der Waals surface area (Å²) in [5.74, 6) is -3.22. The third-order valence-corrected chi connectivity index (χ3v) is 3.99. The normalized spacial score (nSPS) is 37.1. The van der Waals surface area contributed by atoms with Gasteiger partial charge >= 0.3 is 11.9 Å². The number of carbonyl (C=O) groups is 2. The summed E-state index contributed by atoms with van der Waals surface area (Å²) in [6.45, 7) is 1.13. The number of carboxylic acids is 2. The molecule has 7 heteroatoms. The summed E-state index contributed by atoms with van der Waals surface area (Å²) in [5.41, 5.74) is -4.39. The lowest BCUT2D eigenvalue weighted by molar-refractivity contribution is -0.165. The van der Waals surface area contributed by atoms with E-state index in [9.17, 15) is 18.4 Å². The van der Waals surface area contributed by atoms with Crippen molar-refractivity contribution >= 4 is 23.5 Å². The zero-order chi connectivity index (χ0) is 13.4. The topological polar surface area (TPSA) is 74.6 Å². The molecule has 1 aliphatic rings. The zero-order valence-corrected chi connectivity index (χ0v) is 9.62. The summed E-state index contributed by atoms with van der Waals surface area (Å²) >= 11 is 5.74. The maximum atomic E-state index is 13.0. The third kappa shape index (κ3) is 1.80. The second-order valence-electron chi connectivity index (χ2n) is 4.20. The highest BCUT2D eigenvalue weighted by Crippen LogP contribution is 2.50. The Hall–Kier alpha value is -1.17. The van der Waals surface area contributed by atoms with Crippen LogP contribution in [0.5, 0.6) is 0 Å². The second-order valence-corrected chi connectivity index (χ2v) is 4.64. The van der Waals surface area contributed by atoms with E-state index in [1.807, 2.05) is 0 Å². The van der Waals surface area contributed by atoms with Crippen LogP contribution in [-0.4, -0.2) is 34.0 Å². The highest BCUT2D eigenvalue weighted by atomic mass is 35.5. The molecule has 0 bridgehead atoms. The van der Waals surface area contributed by atoms with Crippen LogP contribution < -0.4 is 0 Å². The van der Waals surface area contributed by atoms with Crippen LogP contribution in [0.15, 0.2) is 12.2 Å². The van der Waals surface area contributed by atoms with E-state index in [4.69, 9.17) is 21.8 Å². The summed E-state index contributed by atoms with van der Waals surface area (Å²) < 4.78 is 26.0. The number of hydrogen-bond donors (Lipinski definition) is 2. The lowest BCUT2D eigenvalue weighted by Crippen LogP contribution is -2.55. The summed E-state index contributed by atoms with van der Waals surface area (Å²) in [5, 5.41) is 16.2. The first-order chi connectivity index (χ1) is 7.69. The fourth-order valence-electron chi connectivity index (χ4n) is 1.89. The predicted octanol–water partition coefficient (Wildman–Crippen LogP) is 1.98. The Morgan fingerprint density at radius 2 is 1.94 bits per heavy atom. The SMILES string of the molecule is CC1(C(=O)O)C=CCC(C(=O)O)(C(F)F)C1Cl. The van der Waals surface area contributed by atoms with Crippen LogP contribution in [0.1, 0.15) is 13.3 Å². The molecule has 3 atom stereocenters. The van der Waals surface area contributed by atoms with Crippen LogP contribution in [0, 0.1) is 10.8 Å². The molecule has 17 heavy (non-hydrogen) atoms. The van der Waals surface area contributed by atoms with Crippen molar-refractivity contribution in [3.63, 3.8) is 0 Å². The quantitative estimate of drug-likeness (QED) is 0.606. The maximum Gasteiger partial charge on any atom is 0.317 e. The van der Waals surface area contributed by atoms with Gasteiger partial charge in [-0.05, 0) is 13.3 Å². The Bertz CT molecular complexity index is 385. The Kier molecular flexibility index (Phi) is 3.47. The van der Waals surface area contributed by atoms with Gasteiger partial charge in [0, 0.05) is 0 Å².